The van der Waals surface area contributed by atoms with Crippen molar-refractivity contribution in [2.24, 2.45) is 0 Å². The van der Waals surface area contributed by atoms with Gasteiger partial charge in [-0.2, -0.15) is 0 Å². The van der Waals surface area contributed by atoms with Crippen LogP contribution >= 0.6 is 0 Å². The highest BCUT2D eigenvalue weighted by molar-refractivity contribution is 5.64. The average molecular weight is 468 g/mol. The molecule has 0 spiro atoms. The minimum Gasteiger partial charge on any atom is -0.550 e. The lowest BCUT2D eigenvalue weighted by atomic mass is 10.1. The van der Waals surface area contributed by atoms with Crippen LogP contribution in [0.5, 0.6) is 0 Å². The highest BCUT2D eigenvalue weighted by atomic mass is 16.5. The standard InChI is InChI=1S/C29H57NO3/c1-5-6-7-8-9-10-11-12-13-14-15-16-17-18-19-20-21-22-23-24-25-33-28(26-29(31)32)27-30(2,3)4/h12-13,28H,5-11,14-27H2,1-4H3. The van der Waals surface area contributed by atoms with Crippen LogP contribution in [-0.4, -0.2) is 50.9 Å². The topological polar surface area (TPSA) is 49.4 Å². The van der Waals surface area contributed by atoms with E-state index in [1.807, 2.05) is 0 Å². The fourth-order valence-corrected chi connectivity index (χ4v) is 4.28. The molecule has 0 aromatic carbocycles. The molecule has 4 heteroatoms. The van der Waals surface area contributed by atoms with Crippen LogP contribution in [0.1, 0.15) is 129 Å². The van der Waals surface area contributed by atoms with Gasteiger partial charge in [0.1, 0.15) is 12.6 Å². The second kappa shape index (κ2) is 22.9. The Labute approximate surface area is 206 Å². The first-order valence-electron chi connectivity index (χ1n) is 14.1. The second-order valence-electron chi connectivity index (χ2n) is 10.9. The summed E-state index contributed by atoms with van der Waals surface area (Å²) in [6, 6.07) is 0. The lowest BCUT2D eigenvalue weighted by Gasteiger charge is -2.29. The van der Waals surface area contributed by atoms with Crippen LogP contribution < -0.4 is 5.11 Å². The number of allylic oxidation sites excluding steroid dienone is 2. The molecule has 0 radical (unpaired) electrons. The zero-order chi connectivity index (χ0) is 24.6. The fraction of sp³-hybridized carbons (Fsp3) is 0.897. The van der Waals surface area contributed by atoms with Crippen molar-refractivity contribution in [2.45, 2.75) is 135 Å². The molecule has 0 aromatic heterocycles. The summed E-state index contributed by atoms with van der Waals surface area (Å²) in [5.74, 6) is -1.02. The van der Waals surface area contributed by atoms with Gasteiger partial charge in [0, 0.05) is 19.0 Å². The van der Waals surface area contributed by atoms with Crippen molar-refractivity contribution in [1.29, 1.82) is 0 Å². The van der Waals surface area contributed by atoms with Crippen molar-refractivity contribution in [2.75, 3.05) is 34.3 Å². The van der Waals surface area contributed by atoms with E-state index in [1.54, 1.807) is 0 Å². The number of unbranched alkanes of at least 4 members (excludes halogenated alkanes) is 16. The smallest absolute Gasteiger partial charge is 0.112 e. The van der Waals surface area contributed by atoms with Gasteiger partial charge in [-0.25, -0.2) is 0 Å². The first-order valence-corrected chi connectivity index (χ1v) is 14.1. The molecule has 1 unspecified atom stereocenters. The van der Waals surface area contributed by atoms with Gasteiger partial charge in [0.25, 0.3) is 0 Å². The Hall–Kier alpha value is -0.870. The van der Waals surface area contributed by atoms with Crippen LogP contribution in [0, 0.1) is 0 Å². The molecule has 0 bridgehead atoms. The van der Waals surface area contributed by atoms with E-state index >= 15 is 0 Å². The number of quaternary nitrogens is 1. The molecule has 0 N–H and O–H groups in total. The quantitative estimate of drug-likeness (QED) is 0.0841. The molecule has 1 atom stereocenters. The van der Waals surface area contributed by atoms with Gasteiger partial charge in [-0.1, -0.05) is 103 Å². The number of carboxylic acid groups (broad SMARTS) is 1. The summed E-state index contributed by atoms with van der Waals surface area (Å²) >= 11 is 0. The van der Waals surface area contributed by atoms with E-state index in [2.05, 4.69) is 40.2 Å². The van der Waals surface area contributed by atoms with E-state index in [0.717, 1.165) is 6.42 Å². The zero-order valence-corrected chi connectivity index (χ0v) is 22.8. The molecule has 0 aliphatic rings. The molecule has 0 aliphatic heterocycles. The third-order valence-electron chi connectivity index (χ3n) is 6.16. The van der Waals surface area contributed by atoms with Gasteiger partial charge in [0.2, 0.25) is 0 Å². The summed E-state index contributed by atoms with van der Waals surface area (Å²) in [6.07, 6.45) is 28.4. The number of aliphatic carboxylic acids is 1. The molecule has 196 valence electrons. The van der Waals surface area contributed by atoms with E-state index in [1.165, 1.54) is 109 Å². The number of carbonyl (C=O) groups is 1. The second-order valence-corrected chi connectivity index (χ2v) is 10.9. The Kier molecular flexibility index (Phi) is 22.3. The highest BCUT2D eigenvalue weighted by Gasteiger charge is 2.18. The SMILES string of the molecule is CCCCCCCCC=CCCCCCCCCCCCCOC(CC(=O)[O-])C[N+](C)(C)C. The number of likely N-dealkylation sites (N-methyl/N-ethyl adjacent to an activating group) is 1. The summed E-state index contributed by atoms with van der Waals surface area (Å²) in [7, 11) is 6.17. The summed E-state index contributed by atoms with van der Waals surface area (Å²) in [4.78, 5) is 10.9. The predicted octanol–water partition coefficient (Wildman–Crippen LogP) is 6.82. The monoisotopic (exact) mass is 467 g/mol. The first kappa shape index (κ1) is 32.1. The molecule has 0 aromatic rings. The number of hydrogen-bond donors (Lipinski definition) is 0. The highest BCUT2D eigenvalue weighted by Crippen LogP contribution is 2.13. The molecule has 4 nitrogen and oxygen atoms in total. The maximum atomic E-state index is 10.9. The van der Waals surface area contributed by atoms with Gasteiger partial charge >= 0.3 is 0 Å². The van der Waals surface area contributed by atoms with E-state index < -0.39 is 5.97 Å². The average Bonchev–Trinajstić information content (AvgIpc) is 2.73. The first-order chi connectivity index (χ1) is 15.8. The summed E-state index contributed by atoms with van der Waals surface area (Å²) in [5.41, 5.74) is 0. The van der Waals surface area contributed by atoms with Crippen molar-refractivity contribution in [3.63, 3.8) is 0 Å². The van der Waals surface area contributed by atoms with Crippen molar-refractivity contribution in [3.05, 3.63) is 12.2 Å². The molecule has 33 heavy (non-hydrogen) atoms. The molecular formula is C29H57NO3. The van der Waals surface area contributed by atoms with Gasteiger partial charge in [0.15, 0.2) is 0 Å². The molecule has 0 amide bonds. The van der Waals surface area contributed by atoms with Crippen LogP contribution in [0.25, 0.3) is 0 Å². The van der Waals surface area contributed by atoms with Crippen molar-refractivity contribution >= 4 is 5.97 Å². The van der Waals surface area contributed by atoms with Crippen molar-refractivity contribution in [3.8, 4) is 0 Å². The number of carbonyl (C=O) groups excluding carboxylic acids is 1. The Bertz CT molecular complexity index is 456. The Morgan fingerprint density at radius 2 is 1.15 bits per heavy atom. The lowest BCUT2D eigenvalue weighted by molar-refractivity contribution is -0.873. The minimum absolute atomic E-state index is 0.00893. The number of nitrogens with zero attached hydrogens (tertiary/aromatic N) is 1. The van der Waals surface area contributed by atoms with Gasteiger partial charge in [-0.05, 0) is 32.1 Å². The van der Waals surface area contributed by atoms with Crippen LogP contribution in [0.2, 0.25) is 0 Å². The number of rotatable bonds is 25. The van der Waals surface area contributed by atoms with Gasteiger partial charge in [-0.15, -0.1) is 0 Å². The molecule has 0 fully saturated rings. The fourth-order valence-electron chi connectivity index (χ4n) is 4.28. The largest absolute Gasteiger partial charge is 0.550 e. The molecule has 0 saturated carbocycles. The molecule has 0 heterocycles. The van der Waals surface area contributed by atoms with E-state index in [-0.39, 0.29) is 12.5 Å². The van der Waals surface area contributed by atoms with Crippen LogP contribution in [0.4, 0.5) is 0 Å². The zero-order valence-electron chi connectivity index (χ0n) is 22.8. The van der Waals surface area contributed by atoms with Gasteiger partial charge in [0.05, 0.1) is 21.1 Å². The molecule has 0 saturated heterocycles. The number of ether oxygens (including phenoxy) is 1. The van der Waals surface area contributed by atoms with Crippen LogP contribution in [-0.2, 0) is 9.53 Å². The van der Waals surface area contributed by atoms with Gasteiger partial charge < -0.3 is 19.1 Å². The minimum atomic E-state index is -1.02. The Balaban J connectivity index is 3.37. The molecular weight excluding hydrogens is 410 g/mol. The van der Waals surface area contributed by atoms with Crippen molar-refractivity contribution in [1.82, 2.24) is 0 Å². The lowest BCUT2D eigenvalue weighted by Crippen LogP contribution is -2.44. The maximum Gasteiger partial charge on any atom is 0.112 e. The summed E-state index contributed by atoms with van der Waals surface area (Å²) < 4.78 is 6.53. The predicted molar refractivity (Wildman–Crippen MR) is 140 cm³/mol. The molecule has 0 rings (SSSR count). The summed E-state index contributed by atoms with van der Waals surface area (Å²) in [6.45, 7) is 3.63. The van der Waals surface area contributed by atoms with Crippen LogP contribution in [0.3, 0.4) is 0 Å². The van der Waals surface area contributed by atoms with Gasteiger partial charge in [-0.3, -0.25) is 0 Å². The van der Waals surface area contributed by atoms with Crippen molar-refractivity contribution < 1.29 is 19.1 Å². The van der Waals surface area contributed by atoms with E-state index in [0.29, 0.717) is 17.6 Å². The van der Waals surface area contributed by atoms with E-state index in [4.69, 9.17) is 4.74 Å². The summed E-state index contributed by atoms with van der Waals surface area (Å²) in [5, 5.41) is 10.9. The third kappa shape index (κ3) is 27.3. The number of hydrogen-bond acceptors (Lipinski definition) is 3. The Morgan fingerprint density at radius 3 is 1.58 bits per heavy atom. The number of carboxylic acids is 1. The van der Waals surface area contributed by atoms with Crippen LogP contribution in [0.15, 0.2) is 12.2 Å². The third-order valence-corrected chi connectivity index (χ3v) is 6.16. The Morgan fingerprint density at radius 1 is 0.727 bits per heavy atom. The molecule has 0 aliphatic carbocycles. The van der Waals surface area contributed by atoms with E-state index in [9.17, 15) is 9.90 Å². The maximum absolute atomic E-state index is 10.9. The normalized spacial score (nSPS) is 13.1.